The molecule has 3 unspecified atom stereocenters. The van der Waals surface area contributed by atoms with E-state index >= 15 is 0 Å². The Balaban J connectivity index is 0.000001000. The van der Waals surface area contributed by atoms with E-state index in [-0.39, 0.29) is 32.3 Å². The summed E-state index contributed by atoms with van der Waals surface area (Å²) in [6.07, 6.45) is 6.53. The number of esters is 1. The molecule has 0 aromatic rings. The molecule has 0 aromatic heterocycles. The first-order valence-electron chi connectivity index (χ1n) is 7.39. The van der Waals surface area contributed by atoms with Crippen LogP contribution in [0.4, 0.5) is 0 Å². The second kappa shape index (κ2) is 5.67. The molecule has 1 N–H and O–H groups in total. The Bertz CT molecular complexity index is 349. The molecule has 0 radical (unpaired) electrons. The highest BCUT2D eigenvalue weighted by atomic mass is 16.6. The van der Waals surface area contributed by atoms with Gasteiger partial charge in [-0.2, -0.15) is 0 Å². The summed E-state index contributed by atoms with van der Waals surface area (Å²) in [7, 11) is 0. The van der Waals surface area contributed by atoms with Gasteiger partial charge in [0.05, 0.1) is 11.5 Å². The Morgan fingerprint density at radius 1 is 1.25 bits per heavy atom. The Hall–Kier alpha value is -0.570. The average Bonchev–Trinajstić information content (AvgIpc) is 2.23. The maximum absolute atomic E-state index is 12.1. The fourth-order valence-electron chi connectivity index (χ4n) is 4.73. The highest BCUT2D eigenvalue weighted by Crippen LogP contribution is 2.58. The van der Waals surface area contributed by atoms with Crippen molar-refractivity contribution in [2.45, 2.75) is 84.8 Å². The fourth-order valence-corrected chi connectivity index (χ4v) is 4.73. The third-order valence-electron chi connectivity index (χ3n) is 5.31. The second-order valence-corrected chi connectivity index (χ2v) is 7.10. The van der Waals surface area contributed by atoms with Crippen LogP contribution in [-0.2, 0) is 9.53 Å². The number of carbonyl (C=O) groups excluding carboxylic acids is 1. The number of hydrogen-bond acceptors (Lipinski definition) is 3. The van der Waals surface area contributed by atoms with Crippen LogP contribution in [-0.4, -0.2) is 22.3 Å². The zero-order valence-corrected chi connectivity index (χ0v) is 11.4. The van der Waals surface area contributed by atoms with Gasteiger partial charge in [0.25, 0.3) is 0 Å². The minimum absolute atomic E-state index is 0. The Kier molecular flexibility index (Phi) is 4.95. The summed E-state index contributed by atoms with van der Waals surface area (Å²) in [5.74, 6) is 1.05. The van der Waals surface area contributed by atoms with Crippen molar-refractivity contribution in [2.75, 3.05) is 0 Å². The van der Waals surface area contributed by atoms with Gasteiger partial charge in [-0.1, -0.05) is 28.7 Å². The molecule has 4 bridgehead atoms. The minimum Gasteiger partial charge on any atom is -0.459 e. The van der Waals surface area contributed by atoms with E-state index in [9.17, 15) is 9.90 Å². The van der Waals surface area contributed by atoms with Crippen LogP contribution < -0.4 is 0 Å². The van der Waals surface area contributed by atoms with E-state index < -0.39 is 5.60 Å². The van der Waals surface area contributed by atoms with Crippen LogP contribution in [0.1, 0.15) is 73.6 Å². The van der Waals surface area contributed by atoms with Crippen LogP contribution in [0.15, 0.2) is 0 Å². The molecule has 3 heteroatoms. The van der Waals surface area contributed by atoms with Gasteiger partial charge in [0.1, 0.15) is 5.60 Å². The lowest BCUT2D eigenvalue weighted by Crippen LogP contribution is -2.60. The summed E-state index contributed by atoms with van der Waals surface area (Å²) in [5, 5.41) is 10.6. The van der Waals surface area contributed by atoms with Crippen molar-refractivity contribution >= 4 is 5.97 Å². The van der Waals surface area contributed by atoms with Crippen LogP contribution in [0, 0.1) is 17.8 Å². The van der Waals surface area contributed by atoms with Gasteiger partial charge >= 0.3 is 5.97 Å². The van der Waals surface area contributed by atoms with Crippen LogP contribution in [0.3, 0.4) is 0 Å². The van der Waals surface area contributed by atoms with Crippen molar-refractivity contribution in [3.05, 3.63) is 0 Å². The highest BCUT2D eigenvalue weighted by molar-refractivity contribution is 5.72. The van der Waals surface area contributed by atoms with Crippen molar-refractivity contribution in [3.8, 4) is 0 Å². The maximum Gasteiger partial charge on any atom is 0.309 e. The van der Waals surface area contributed by atoms with Crippen molar-refractivity contribution < 1.29 is 14.6 Å². The summed E-state index contributed by atoms with van der Waals surface area (Å²) < 4.78 is 5.87. The first-order valence-corrected chi connectivity index (χ1v) is 7.39. The largest absolute Gasteiger partial charge is 0.459 e. The van der Waals surface area contributed by atoms with Crippen LogP contribution in [0.5, 0.6) is 0 Å². The van der Waals surface area contributed by atoms with Crippen molar-refractivity contribution in [2.24, 2.45) is 17.8 Å². The standard InChI is InChI=1S/C15H24O3.2CH4/c1-3-10(2)13(16)18-15-7-11-4-12(8-15)6-14(17,5-11)9-15;;/h10-12,17H,3-9H2,1-2H3;2*1H4. The van der Waals surface area contributed by atoms with E-state index in [0.717, 1.165) is 32.1 Å². The summed E-state index contributed by atoms with van der Waals surface area (Å²) >= 11 is 0. The monoisotopic (exact) mass is 284 g/mol. The van der Waals surface area contributed by atoms with Gasteiger partial charge in [-0.15, -0.1) is 0 Å². The van der Waals surface area contributed by atoms with Gasteiger partial charge < -0.3 is 9.84 Å². The Morgan fingerprint density at radius 2 is 1.80 bits per heavy atom. The van der Waals surface area contributed by atoms with E-state index in [1.807, 2.05) is 13.8 Å². The molecule has 4 aliphatic rings. The summed E-state index contributed by atoms with van der Waals surface area (Å²) in [5.41, 5.74) is -0.876. The lowest BCUT2D eigenvalue weighted by Gasteiger charge is -2.59. The van der Waals surface area contributed by atoms with E-state index in [1.165, 1.54) is 6.42 Å². The summed E-state index contributed by atoms with van der Waals surface area (Å²) in [6.45, 7) is 3.94. The molecule has 4 fully saturated rings. The number of hydrogen-bond donors (Lipinski definition) is 1. The average molecular weight is 284 g/mol. The molecule has 0 aromatic carbocycles. The zero-order valence-electron chi connectivity index (χ0n) is 11.4. The number of aliphatic hydroxyl groups is 1. The molecule has 4 aliphatic carbocycles. The molecule has 0 aliphatic heterocycles. The summed E-state index contributed by atoms with van der Waals surface area (Å²) in [4.78, 5) is 12.1. The van der Waals surface area contributed by atoms with Gasteiger partial charge in [0.15, 0.2) is 0 Å². The van der Waals surface area contributed by atoms with Gasteiger partial charge in [-0.25, -0.2) is 0 Å². The Morgan fingerprint density at radius 3 is 2.25 bits per heavy atom. The highest BCUT2D eigenvalue weighted by Gasteiger charge is 2.59. The molecule has 0 heterocycles. The number of ether oxygens (including phenoxy) is 1. The molecule has 3 atom stereocenters. The molecule has 20 heavy (non-hydrogen) atoms. The first kappa shape index (κ1) is 17.5. The SMILES string of the molecule is C.C.CCC(C)C(=O)OC12CC3CC(CC(O)(C3)C1)C2. The molecule has 4 rings (SSSR count). The van der Waals surface area contributed by atoms with Crippen LogP contribution in [0.25, 0.3) is 0 Å². The molecule has 118 valence electrons. The van der Waals surface area contributed by atoms with Crippen molar-refractivity contribution in [1.29, 1.82) is 0 Å². The molecule has 4 saturated carbocycles. The smallest absolute Gasteiger partial charge is 0.309 e. The van der Waals surface area contributed by atoms with Crippen molar-refractivity contribution in [1.82, 2.24) is 0 Å². The summed E-state index contributed by atoms with van der Waals surface area (Å²) in [6, 6.07) is 0. The van der Waals surface area contributed by atoms with Crippen LogP contribution >= 0.6 is 0 Å². The van der Waals surface area contributed by atoms with Gasteiger partial charge in [0, 0.05) is 6.42 Å². The molecular formula is C17H32O3. The lowest BCUT2D eigenvalue weighted by atomic mass is 9.52. The van der Waals surface area contributed by atoms with Gasteiger partial charge in [-0.05, 0) is 50.4 Å². The normalized spacial score (nSPS) is 42.4. The predicted octanol–water partition coefficient (Wildman–Crippen LogP) is 3.93. The first-order chi connectivity index (χ1) is 8.44. The van der Waals surface area contributed by atoms with E-state index in [2.05, 4.69) is 0 Å². The number of rotatable bonds is 3. The van der Waals surface area contributed by atoms with E-state index in [1.54, 1.807) is 0 Å². The quantitative estimate of drug-likeness (QED) is 0.799. The molecule has 0 spiro atoms. The van der Waals surface area contributed by atoms with Gasteiger partial charge in [0.2, 0.25) is 0 Å². The minimum atomic E-state index is -0.542. The van der Waals surface area contributed by atoms with Gasteiger partial charge in [-0.3, -0.25) is 4.79 Å². The van der Waals surface area contributed by atoms with E-state index in [4.69, 9.17) is 4.74 Å². The molecule has 0 saturated heterocycles. The molecule has 3 nitrogen and oxygen atoms in total. The maximum atomic E-state index is 12.1. The zero-order chi connectivity index (χ0) is 13.0. The van der Waals surface area contributed by atoms with Crippen molar-refractivity contribution in [3.63, 3.8) is 0 Å². The fraction of sp³-hybridized carbons (Fsp3) is 0.941. The Labute approximate surface area is 124 Å². The van der Waals surface area contributed by atoms with Crippen LogP contribution in [0.2, 0.25) is 0 Å². The van der Waals surface area contributed by atoms with E-state index in [0.29, 0.717) is 18.3 Å². The third kappa shape index (κ3) is 2.88. The number of carbonyl (C=O) groups is 1. The topological polar surface area (TPSA) is 46.5 Å². The molecular weight excluding hydrogens is 252 g/mol. The predicted molar refractivity (Wildman–Crippen MR) is 81.4 cm³/mol. The lowest BCUT2D eigenvalue weighted by molar-refractivity contribution is -0.222. The molecule has 0 amide bonds. The second-order valence-electron chi connectivity index (χ2n) is 7.10. The third-order valence-corrected chi connectivity index (χ3v) is 5.31.